The van der Waals surface area contributed by atoms with Crippen molar-refractivity contribution in [3.63, 3.8) is 0 Å². The van der Waals surface area contributed by atoms with Crippen LogP contribution in [0.15, 0.2) is 24.3 Å². The normalized spacial score (nSPS) is 19.2. The number of benzene rings is 1. The molecule has 3 heteroatoms. The van der Waals surface area contributed by atoms with Gasteiger partial charge in [0.1, 0.15) is 0 Å². The quantitative estimate of drug-likeness (QED) is 0.861. The summed E-state index contributed by atoms with van der Waals surface area (Å²) in [4.78, 5) is 11.7. The molecule has 0 aromatic heterocycles. The van der Waals surface area contributed by atoms with Gasteiger partial charge in [0.15, 0.2) is 0 Å². The van der Waals surface area contributed by atoms with Crippen molar-refractivity contribution < 1.29 is 9.53 Å². The van der Waals surface area contributed by atoms with Crippen LogP contribution in [0.4, 0.5) is 0 Å². The molecule has 0 spiro atoms. The van der Waals surface area contributed by atoms with Crippen LogP contribution in [0.3, 0.4) is 0 Å². The predicted molar refractivity (Wildman–Crippen MR) is 66.9 cm³/mol. The highest BCUT2D eigenvalue weighted by Crippen LogP contribution is 2.10. The lowest BCUT2D eigenvalue weighted by Crippen LogP contribution is -2.32. The summed E-state index contributed by atoms with van der Waals surface area (Å²) in [6.45, 7) is 3.51. The molecule has 1 heterocycles. The topological polar surface area (TPSA) is 38.3 Å². The number of carbonyl (C=O) groups excluding carboxylic acids is 1. The van der Waals surface area contributed by atoms with Crippen molar-refractivity contribution in [2.24, 2.45) is 0 Å². The van der Waals surface area contributed by atoms with E-state index in [0.717, 1.165) is 25.0 Å². The van der Waals surface area contributed by atoms with Crippen molar-refractivity contribution in [2.45, 2.75) is 32.3 Å². The van der Waals surface area contributed by atoms with Gasteiger partial charge in [-0.05, 0) is 25.3 Å². The van der Waals surface area contributed by atoms with Gasteiger partial charge in [0, 0.05) is 13.2 Å². The molecule has 0 radical (unpaired) electrons. The highest BCUT2D eigenvalue weighted by Gasteiger charge is 2.16. The smallest absolute Gasteiger partial charge is 0.224 e. The molecule has 0 aliphatic carbocycles. The number of amides is 1. The molecule has 92 valence electrons. The zero-order chi connectivity index (χ0) is 12.1. The van der Waals surface area contributed by atoms with Gasteiger partial charge in [0.25, 0.3) is 0 Å². The summed E-state index contributed by atoms with van der Waals surface area (Å²) in [6, 6.07) is 8.05. The molecule has 1 atom stereocenters. The summed E-state index contributed by atoms with van der Waals surface area (Å²) in [6.07, 6.45) is 2.84. The maximum Gasteiger partial charge on any atom is 0.224 e. The molecule has 17 heavy (non-hydrogen) atoms. The van der Waals surface area contributed by atoms with Crippen molar-refractivity contribution in [1.82, 2.24) is 5.32 Å². The van der Waals surface area contributed by atoms with E-state index in [-0.39, 0.29) is 12.0 Å². The van der Waals surface area contributed by atoms with E-state index >= 15 is 0 Å². The number of nitrogens with one attached hydrogen (secondary N) is 1. The third-order valence-electron chi connectivity index (χ3n) is 3.00. The van der Waals surface area contributed by atoms with Crippen LogP contribution in [0.25, 0.3) is 0 Å². The summed E-state index contributed by atoms with van der Waals surface area (Å²) < 4.78 is 5.46. The average Bonchev–Trinajstić information content (AvgIpc) is 2.79. The van der Waals surface area contributed by atoms with Gasteiger partial charge in [0.2, 0.25) is 5.91 Å². The Kier molecular flexibility index (Phi) is 4.15. The second-order valence-corrected chi connectivity index (χ2v) is 4.60. The minimum Gasteiger partial charge on any atom is -0.376 e. The molecule has 1 aliphatic heterocycles. The third-order valence-corrected chi connectivity index (χ3v) is 3.00. The van der Waals surface area contributed by atoms with Gasteiger partial charge in [-0.1, -0.05) is 29.8 Å². The summed E-state index contributed by atoms with van der Waals surface area (Å²) in [5.74, 6) is 0.0751. The Morgan fingerprint density at radius 3 is 3.12 bits per heavy atom. The zero-order valence-corrected chi connectivity index (χ0v) is 10.2. The highest BCUT2D eigenvalue weighted by molar-refractivity contribution is 5.78. The van der Waals surface area contributed by atoms with Gasteiger partial charge < -0.3 is 10.1 Å². The van der Waals surface area contributed by atoms with E-state index in [2.05, 4.69) is 5.32 Å². The lowest BCUT2D eigenvalue weighted by molar-refractivity contribution is -0.120. The van der Waals surface area contributed by atoms with E-state index in [1.165, 1.54) is 5.56 Å². The molecule has 0 saturated carbocycles. The van der Waals surface area contributed by atoms with Gasteiger partial charge >= 0.3 is 0 Å². The second kappa shape index (κ2) is 5.82. The van der Waals surface area contributed by atoms with Gasteiger partial charge in [-0.15, -0.1) is 0 Å². The molecular weight excluding hydrogens is 214 g/mol. The van der Waals surface area contributed by atoms with E-state index in [1.807, 2.05) is 31.2 Å². The number of hydrogen-bond acceptors (Lipinski definition) is 2. The van der Waals surface area contributed by atoms with E-state index in [9.17, 15) is 4.79 Å². The number of rotatable bonds is 4. The van der Waals surface area contributed by atoms with Crippen molar-refractivity contribution in [2.75, 3.05) is 13.2 Å². The maximum atomic E-state index is 11.7. The van der Waals surface area contributed by atoms with Crippen molar-refractivity contribution >= 4 is 5.91 Å². The lowest BCUT2D eigenvalue weighted by Gasteiger charge is -2.10. The van der Waals surface area contributed by atoms with E-state index in [4.69, 9.17) is 4.74 Å². The number of ether oxygens (including phenoxy) is 1. The average molecular weight is 233 g/mol. The van der Waals surface area contributed by atoms with Gasteiger partial charge in [-0.2, -0.15) is 0 Å². The fourth-order valence-corrected chi connectivity index (χ4v) is 2.10. The number of aryl methyl sites for hydroxylation is 1. The van der Waals surface area contributed by atoms with Gasteiger partial charge in [0.05, 0.1) is 12.5 Å². The summed E-state index contributed by atoms with van der Waals surface area (Å²) in [5.41, 5.74) is 2.25. The first-order valence-corrected chi connectivity index (χ1v) is 6.18. The molecule has 1 fully saturated rings. The predicted octanol–water partition coefficient (Wildman–Crippen LogP) is 1.83. The van der Waals surface area contributed by atoms with Crippen LogP contribution >= 0.6 is 0 Å². The Labute approximate surface area is 102 Å². The first kappa shape index (κ1) is 12.1. The molecule has 1 amide bonds. The van der Waals surface area contributed by atoms with Gasteiger partial charge in [-0.3, -0.25) is 4.79 Å². The molecule has 1 N–H and O–H groups in total. The van der Waals surface area contributed by atoms with Crippen LogP contribution in [0.5, 0.6) is 0 Å². The number of hydrogen-bond donors (Lipinski definition) is 1. The Morgan fingerprint density at radius 1 is 1.53 bits per heavy atom. The maximum absolute atomic E-state index is 11.7. The molecule has 1 aromatic rings. The molecule has 1 aliphatic rings. The highest BCUT2D eigenvalue weighted by atomic mass is 16.5. The largest absolute Gasteiger partial charge is 0.376 e. The molecule has 3 nitrogen and oxygen atoms in total. The van der Waals surface area contributed by atoms with Crippen molar-refractivity contribution in [3.8, 4) is 0 Å². The summed E-state index contributed by atoms with van der Waals surface area (Å²) in [7, 11) is 0. The molecule has 2 rings (SSSR count). The van der Waals surface area contributed by atoms with Gasteiger partial charge in [-0.25, -0.2) is 0 Å². The lowest BCUT2D eigenvalue weighted by atomic mass is 10.1. The minimum absolute atomic E-state index is 0.0751. The fraction of sp³-hybridized carbons (Fsp3) is 0.500. The van der Waals surface area contributed by atoms with E-state index in [0.29, 0.717) is 13.0 Å². The summed E-state index contributed by atoms with van der Waals surface area (Å²) in [5, 5.41) is 2.93. The Hall–Kier alpha value is -1.35. The molecule has 0 bridgehead atoms. The van der Waals surface area contributed by atoms with Crippen LogP contribution < -0.4 is 5.32 Å². The Morgan fingerprint density at radius 2 is 2.41 bits per heavy atom. The fourth-order valence-electron chi connectivity index (χ4n) is 2.10. The zero-order valence-electron chi connectivity index (χ0n) is 10.2. The molecule has 1 saturated heterocycles. The Bertz CT molecular complexity index is 384. The number of carbonyl (C=O) groups is 1. The van der Waals surface area contributed by atoms with Crippen LogP contribution in [-0.4, -0.2) is 25.2 Å². The van der Waals surface area contributed by atoms with Crippen molar-refractivity contribution in [1.29, 1.82) is 0 Å². The Balaban J connectivity index is 1.76. The van der Waals surface area contributed by atoms with Crippen LogP contribution in [0.1, 0.15) is 24.0 Å². The van der Waals surface area contributed by atoms with Crippen LogP contribution in [0.2, 0.25) is 0 Å². The van der Waals surface area contributed by atoms with Crippen LogP contribution in [-0.2, 0) is 16.0 Å². The van der Waals surface area contributed by atoms with Crippen molar-refractivity contribution in [3.05, 3.63) is 35.4 Å². The minimum atomic E-state index is 0.0751. The van der Waals surface area contributed by atoms with Crippen LogP contribution in [0, 0.1) is 6.92 Å². The van der Waals surface area contributed by atoms with E-state index in [1.54, 1.807) is 0 Å². The standard InChI is InChI=1S/C14H19NO2/c1-11-4-2-5-12(8-11)9-14(16)15-10-13-6-3-7-17-13/h2,4-5,8,13H,3,6-7,9-10H2,1H3,(H,15,16). The van der Waals surface area contributed by atoms with E-state index < -0.39 is 0 Å². The molecular formula is C14H19NO2. The third kappa shape index (κ3) is 3.86. The molecule has 1 unspecified atom stereocenters. The second-order valence-electron chi connectivity index (χ2n) is 4.60. The molecule has 1 aromatic carbocycles. The first-order valence-electron chi connectivity index (χ1n) is 6.18. The SMILES string of the molecule is Cc1cccc(CC(=O)NCC2CCCO2)c1. The first-order chi connectivity index (χ1) is 8.24. The summed E-state index contributed by atoms with van der Waals surface area (Å²) >= 11 is 0. The monoisotopic (exact) mass is 233 g/mol.